The van der Waals surface area contributed by atoms with E-state index in [9.17, 15) is 14.7 Å². The lowest BCUT2D eigenvalue weighted by molar-refractivity contribution is -0.144. The first-order chi connectivity index (χ1) is 8.84. The summed E-state index contributed by atoms with van der Waals surface area (Å²) in [5.41, 5.74) is 1.49. The predicted molar refractivity (Wildman–Crippen MR) is 72.1 cm³/mol. The second-order valence-corrected chi connectivity index (χ2v) is 5.53. The normalized spacial score (nSPS) is 17.6. The van der Waals surface area contributed by atoms with E-state index in [1.807, 2.05) is 19.9 Å². The Labute approximate surface area is 112 Å². The topological polar surface area (TPSA) is 66.4 Å². The number of nitrogens with one attached hydrogen (secondary N) is 1. The Kier molecular flexibility index (Phi) is 3.35. The Morgan fingerprint density at radius 3 is 2.37 bits per heavy atom. The van der Waals surface area contributed by atoms with Crippen molar-refractivity contribution in [3.63, 3.8) is 0 Å². The van der Waals surface area contributed by atoms with Gasteiger partial charge in [0.2, 0.25) is 0 Å². The molecule has 1 aromatic rings. The Morgan fingerprint density at radius 1 is 1.26 bits per heavy atom. The van der Waals surface area contributed by atoms with E-state index in [2.05, 4.69) is 5.32 Å². The van der Waals surface area contributed by atoms with Crippen molar-refractivity contribution in [3.8, 4) is 0 Å². The highest BCUT2D eigenvalue weighted by Gasteiger charge is 2.48. The van der Waals surface area contributed by atoms with Gasteiger partial charge in [-0.2, -0.15) is 0 Å². The van der Waals surface area contributed by atoms with Crippen molar-refractivity contribution in [3.05, 3.63) is 34.9 Å². The first kappa shape index (κ1) is 13.6. The van der Waals surface area contributed by atoms with Crippen LogP contribution in [0.25, 0.3) is 0 Å². The minimum atomic E-state index is -1.16. The number of benzene rings is 1. The van der Waals surface area contributed by atoms with Gasteiger partial charge in [0.05, 0.1) is 0 Å². The van der Waals surface area contributed by atoms with Gasteiger partial charge in [-0.1, -0.05) is 6.07 Å². The first-order valence-corrected chi connectivity index (χ1v) is 6.48. The van der Waals surface area contributed by atoms with Crippen LogP contribution in [-0.4, -0.2) is 22.5 Å². The van der Waals surface area contributed by atoms with Crippen molar-refractivity contribution >= 4 is 11.9 Å². The Hall–Kier alpha value is -1.84. The molecule has 2 N–H and O–H groups in total. The molecule has 1 aliphatic rings. The summed E-state index contributed by atoms with van der Waals surface area (Å²) in [5.74, 6) is -1.24. The summed E-state index contributed by atoms with van der Waals surface area (Å²) in [6, 6.07) is 5.39. The fourth-order valence-electron chi connectivity index (χ4n) is 2.18. The zero-order chi connectivity index (χ0) is 14.2. The van der Waals surface area contributed by atoms with E-state index in [0.717, 1.165) is 24.0 Å². The smallest absolute Gasteiger partial charge is 0.329 e. The lowest BCUT2D eigenvalue weighted by Gasteiger charge is -2.26. The number of aliphatic carboxylic acids is 1. The largest absolute Gasteiger partial charge is 0.480 e. The van der Waals surface area contributed by atoms with Crippen LogP contribution in [0.5, 0.6) is 0 Å². The molecule has 0 bridgehead atoms. The van der Waals surface area contributed by atoms with Crippen molar-refractivity contribution in [2.45, 2.75) is 39.2 Å². The van der Waals surface area contributed by atoms with E-state index in [4.69, 9.17) is 0 Å². The molecule has 0 heterocycles. The number of amides is 1. The molecule has 0 aliphatic heterocycles. The molecule has 102 valence electrons. The highest BCUT2D eigenvalue weighted by Crippen LogP contribution is 2.39. The van der Waals surface area contributed by atoms with Crippen molar-refractivity contribution in [1.29, 1.82) is 0 Å². The maximum absolute atomic E-state index is 12.2. The van der Waals surface area contributed by atoms with Gasteiger partial charge in [-0.05, 0) is 62.8 Å². The third-order valence-electron chi connectivity index (χ3n) is 3.98. The standard InChI is InChI=1S/C15H19NO3/c1-9-4-5-11(8-10(9)2)13(17)16-15(3,14(18)19)12-6-7-12/h4-5,8,12H,6-7H2,1-3H3,(H,16,17)(H,18,19). The predicted octanol–water partition coefficient (Wildman–Crippen LogP) is 2.29. The highest BCUT2D eigenvalue weighted by atomic mass is 16.4. The molecule has 4 nitrogen and oxygen atoms in total. The molecular weight excluding hydrogens is 242 g/mol. The molecule has 4 heteroatoms. The molecular formula is C15H19NO3. The van der Waals surface area contributed by atoms with Crippen molar-refractivity contribution in [1.82, 2.24) is 5.32 Å². The number of carboxylic acids is 1. The molecule has 0 aromatic heterocycles. The van der Waals surface area contributed by atoms with Gasteiger partial charge in [-0.25, -0.2) is 4.79 Å². The van der Waals surface area contributed by atoms with Crippen LogP contribution in [0.1, 0.15) is 41.3 Å². The van der Waals surface area contributed by atoms with Gasteiger partial charge in [0.1, 0.15) is 5.54 Å². The molecule has 1 atom stereocenters. The lowest BCUT2D eigenvalue weighted by atomic mass is 9.95. The molecule has 0 radical (unpaired) electrons. The third-order valence-corrected chi connectivity index (χ3v) is 3.98. The molecule has 1 aliphatic carbocycles. The number of rotatable bonds is 4. The summed E-state index contributed by atoms with van der Waals surface area (Å²) < 4.78 is 0. The van der Waals surface area contributed by atoms with Crippen LogP contribution in [0.15, 0.2) is 18.2 Å². The molecule has 1 saturated carbocycles. The van der Waals surface area contributed by atoms with E-state index in [0.29, 0.717) is 5.56 Å². The summed E-state index contributed by atoms with van der Waals surface area (Å²) in [6.45, 7) is 5.50. The maximum Gasteiger partial charge on any atom is 0.329 e. The number of hydrogen-bond acceptors (Lipinski definition) is 2. The molecule has 1 unspecified atom stereocenters. The number of hydrogen-bond donors (Lipinski definition) is 2. The molecule has 0 saturated heterocycles. The van der Waals surface area contributed by atoms with E-state index in [1.54, 1.807) is 19.1 Å². The maximum atomic E-state index is 12.2. The van der Waals surface area contributed by atoms with Crippen LogP contribution in [0, 0.1) is 19.8 Å². The average Bonchev–Trinajstić information content (AvgIpc) is 3.16. The number of carboxylic acid groups (broad SMARTS) is 1. The molecule has 19 heavy (non-hydrogen) atoms. The molecule has 1 aromatic carbocycles. The summed E-state index contributed by atoms with van der Waals surface area (Å²) in [5, 5.41) is 12.0. The van der Waals surface area contributed by atoms with Crippen LogP contribution >= 0.6 is 0 Å². The van der Waals surface area contributed by atoms with Crippen LogP contribution < -0.4 is 5.32 Å². The van der Waals surface area contributed by atoms with Gasteiger partial charge in [0.15, 0.2) is 0 Å². The molecule has 2 rings (SSSR count). The van der Waals surface area contributed by atoms with Gasteiger partial charge in [-0.15, -0.1) is 0 Å². The van der Waals surface area contributed by atoms with Gasteiger partial charge in [-0.3, -0.25) is 4.79 Å². The van der Waals surface area contributed by atoms with E-state index in [-0.39, 0.29) is 11.8 Å². The SMILES string of the molecule is Cc1ccc(C(=O)NC(C)(C(=O)O)C2CC2)cc1C. The second kappa shape index (κ2) is 4.68. The zero-order valence-electron chi connectivity index (χ0n) is 11.5. The van der Waals surface area contributed by atoms with Crippen LogP contribution in [-0.2, 0) is 4.79 Å². The van der Waals surface area contributed by atoms with Gasteiger partial charge < -0.3 is 10.4 Å². The first-order valence-electron chi connectivity index (χ1n) is 6.48. The van der Waals surface area contributed by atoms with Crippen LogP contribution in [0.2, 0.25) is 0 Å². The number of carbonyl (C=O) groups excluding carboxylic acids is 1. The minimum Gasteiger partial charge on any atom is -0.480 e. The molecule has 1 fully saturated rings. The van der Waals surface area contributed by atoms with Gasteiger partial charge in [0, 0.05) is 5.56 Å². The zero-order valence-corrected chi connectivity index (χ0v) is 11.5. The fourth-order valence-corrected chi connectivity index (χ4v) is 2.18. The van der Waals surface area contributed by atoms with Crippen molar-refractivity contribution in [2.24, 2.45) is 5.92 Å². The quantitative estimate of drug-likeness (QED) is 0.873. The number of carbonyl (C=O) groups is 2. The average molecular weight is 261 g/mol. The molecule has 1 amide bonds. The fraction of sp³-hybridized carbons (Fsp3) is 0.467. The van der Waals surface area contributed by atoms with E-state index in [1.165, 1.54) is 0 Å². The summed E-state index contributed by atoms with van der Waals surface area (Å²) >= 11 is 0. The number of aryl methyl sites for hydroxylation is 2. The Bertz CT molecular complexity index is 534. The highest BCUT2D eigenvalue weighted by molar-refractivity contribution is 5.98. The van der Waals surface area contributed by atoms with Gasteiger partial charge >= 0.3 is 5.97 Å². The third kappa shape index (κ3) is 2.62. The van der Waals surface area contributed by atoms with Gasteiger partial charge in [0.25, 0.3) is 5.91 Å². The van der Waals surface area contributed by atoms with Crippen molar-refractivity contribution < 1.29 is 14.7 Å². The van der Waals surface area contributed by atoms with E-state index >= 15 is 0 Å². The molecule has 0 spiro atoms. The van der Waals surface area contributed by atoms with Crippen LogP contribution in [0.3, 0.4) is 0 Å². The minimum absolute atomic E-state index is 0.0421. The van der Waals surface area contributed by atoms with Crippen LogP contribution in [0.4, 0.5) is 0 Å². The second-order valence-electron chi connectivity index (χ2n) is 5.53. The Balaban J connectivity index is 2.20. The summed E-state index contributed by atoms with van der Waals surface area (Å²) in [6.07, 6.45) is 1.71. The summed E-state index contributed by atoms with van der Waals surface area (Å²) in [7, 11) is 0. The van der Waals surface area contributed by atoms with E-state index < -0.39 is 11.5 Å². The Morgan fingerprint density at radius 2 is 1.89 bits per heavy atom. The summed E-state index contributed by atoms with van der Waals surface area (Å²) in [4.78, 5) is 23.6. The van der Waals surface area contributed by atoms with Crippen molar-refractivity contribution in [2.75, 3.05) is 0 Å². The lowest BCUT2D eigenvalue weighted by Crippen LogP contribution is -2.54. The monoisotopic (exact) mass is 261 g/mol.